The summed E-state index contributed by atoms with van der Waals surface area (Å²) >= 11 is 2.97. The van der Waals surface area contributed by atoms with Crippen molar-refractivity contribution in [1.82, 2.24) is 0 Å². The van der Waals surface area contributed by atoms with Crippen molar-refractivity contribution in [3.8, 4) is 5.75 Å². The molecule has 1 aromatic rings. The van der Waals surface area contributed by atoms with Crippen molar-refractivity contribution in [3.05, 3.63) is 28.0 Å². The smallest absolute Gasteiger partial charge is 0.137 e. The Labute approximate surface area is 83.5 Å². The number of ketones is 1. The maximum Gasteiger partial charge on any atom is 0.137 e. The number of phenolic OH excluding ortho intramolecular Hbond substituents is 1. The normalized spacial score (nSPS) is 10.1. The molecule has 0 heterocycles. The lowest BCUT2D eigenvalue weighted by atomic mass is 10.1. The molecule has 0 amide bonds. The van der Waals surface area contributed by atoms with Gasteiger partial charge in [-0.3, -0.25) is 4.79 Å². The van der Waals surface area contributed by atoms with Gasteiger partial charge in [0.25, 0.3) is 0 Å². The molecule has 0 spiro atoms. The Morgan fingerprint density at radius 2 is 2.23 bits per heavy atom. The first-order valence-electron chi connectivity index (χ1n) is 3.67. The minimum absolute atomic E-state index is 0.0319. The summed E-state index contributed by atoms with van der Waals surface area (Å²) in [7, 11) is 0. The molecule has 0 unspecified atom stereocenters. The van der Waals surface area contributed by atoms with Gasteiger partial charge in [-0.15, -0.1) is 0 Å². The Morgan fingerprint density at radius 1 is 1.62 bits per heavy atom. The average Bonchev–Trinajstić information content (AvgIpc) is 2.05. The second-order valence-corrected chi connectivity index (χ2v) is 3.53. The van der Waals surface area contributed by atoms with E-state index >= 15 is 0 Å². The van der Waals surface area contributed by atoms with E-state index in [1.165, 1.54) is 13.0 Å². The topological polar surface area (TPSA) is 37.3 Å². The van der Waals surface area contributed by atoms with Gasteiger partial charge >= 0.3 is 0 Å². The molecule has 13 heavy (non-hydrogen) atoms. The predicted octanol–water partition coefficient (Wildman–Crippen LogP) is 2.43. The lowest BCUT2D eigenvalue weighted by Crippen LogP contribution is -1.99. The van der Waals surface area contributed by atoms with Gasteiger partial charge in [-0.1, -0.05) is 0 Å². The van der Waals surface area contributed by atoms with Crippen LogP contribution >= 0.6 is 15.9 Å². The minimum atomic E-state index is -0.478. The number of carbonyl (C=O) groups is 1. The fourth-order valence-corrected chi connectivity index (χ4v) is 1.48. The van der Waals surface area contributed by atoms with Gasteiger partial charge in [0, 0.05) is 12.0 Å². The molecule has 0 aromatic heterocycles. The average molecular weight is 247 g/mol. The van der Waals surface area contributed by atoms with Gasteiger partial charge in [-0.25, -0.2) is 4.39 Å². The van der Waals surface area contributed by atoms with Crippen LogP contribution in [-0.2, 0) is 11.2 Å². The molecule has 0 bridgehead atoms. The molecule has 0 aliphatic rings. The van der Waals surface area contributed by atoms with E-state index in [1.54, 1.807) is 0 Å². The van der Waals surface area contributed by atoms with Gasteiger partial charge in [-0.2, -0.15) is 0 Å². The Kier molecular flexibility index (Phi) is 3.03. The SMILES string of the molecule is CC(=O)Cc1c(O)ccc(F)c1Br. The number of rotatable bonds is 2. The summed E-state index contributed by atoms with van der Waals surface area (Å²) < 4.78 is 13.1. The summed E-state index contributed by atoms with van der Waals surface area (Å²) in [6, 6.07) is 2.38. The molecule has 0 saturated heterocycles. The van der Waals surface area contributed by atoms with Crippen LogP contribution in [-0.4, -0.2) is 10.9 Å². The van der Waals surface area contributed by atoms with E-state index in [1.807, 2.05) is 0 Å². The van der Waals surface area contributed by atoms with Gasteiger partial charge in [-0.05, 0) is 35.0 Å². The van der Waals surface area contributed by atoms with Crippen LogP contribution in [0.2, 0.25) is 0 Å². The maximum absolute atomic E-state index is 12.9. The Bertz CT molecular complexity index is 350. The van der Waals surface area contributed by atoms with Crippen LogP contribution in [0.1, 0.15) is 12.5 Å². The van der Waals surface area contributed by atoms with Crippen LogP contribution in [0.5, 0.6) is 5.75 Å². The van der Waals surface area contributed by atoms with Crippen LogP contribution in [0.25, 0.3) is 0 Å². The number of phenols is 1. The minimum Gasteiger partial charge on any atom is -0.508 e. The molecule has 0 saturated carbocycles. The molecular weight excluding hydrogens is 239 g/mol. The third-order valence-corrected chi connectivity index (χ3v) is 2.45. The number of aromatic hydroxyl groups is 1. The van der Waals surface area contributed by atoms with E-state index in [2.05, 4.69) is 15.9 Å². The molecule has 0 fully saturated rings. The van der Waals surface area contributed by atoms with Crippen LogP contribution in [0.4, 0.5) is 4.39 Å². The van der Waals surface area contributed by atoms with Gasteiger partial charge in [0.05, 0.1) is 4.47 Å². The standard InChI is InChI=1S/C9H8BrFO2/c1-5(12)4-6-8(13)3-2-7(11)9(6)10/h2-3,13H,4H2,1H3. The molecule has 1 rings (SSSR count). The second-order valence-electron chi connectivity index (χ2n) is 2.74. The van der Waals surface area contributed by atoms with Crippen molar-refractivity contribution in [2.24, 2.45) is 0 Å². The summed E-state index contributed by atoms with van der Waals surface area (Å²) in [5.74, 6) is -0.667. The van der Waals surface area contributed by atoms with E-state index < -0.39 is 5.82 Å². The van der Waals surface area contributed by atoms with Gasteiger partial charge in [0.1, 0.15) is 17.3 Å². The third kappa shape index (κ3) is 2.28. The Hall–Kier alpha value is -0.900. The molecule has 2 nitrogen and oxygen atoms in total. The molecule has 0 aliphatic carbocycles. The largest absolute Gasteiger partial charge is 0.508 e. The van der Waals surface area contributed by atoms with Gasteiger partial charge < -0.3 is 5.11 Å². The number of halogens is 2. The highest BCUT2D eigenvalue weighted by Gasteiger charge is 2.12. The highest BCUT2D eigenvalue weighted by Crippen LogP contribution is 2.28. The first-order chi connectivity index (χ1) is 6.02. The quantitative estimate of drug-likeness (QED) is 0.871. The fraction of sp³-hybridized carbons (Fsp3) is 0.222. The molecule has 0 radical (unpaired) electrons. The number of hydrogen-bond acceptors (Lipinski definition) is 2. The van der Waals surface area contributed by atoms with Crippen molar-refractivity contribution in [3.63, 3.8) is 0 Å². The lowest BCUT2D eigenvalue weighted by Gasteiger charge is -2.05. The molecule has 70 valence electrons. The van der Waals surface area contributed by atoms with Crippen LogP contribution in [0.3, 0.4) is 0 Å². The number of carbonyl (C=O) groups excluding carboxylic acids is 1. The monoisotopic (exact) mass is 246 g/mol. The zero-order valence-corrected chi connectivity index (χ0v) is 8.56. The van der Waals surface area contributed by atoms with Crippen LogP contribution < -0.4 is 0 Å². The Morgan fingerprint density at radius 3 is 2.77 bits per heavy atom. The molecule has 0 atom stereocenters. The third-order valence-electron chi connectivity index (χ3n) is 1.60. The van der Waals surface area contributed by atoms with Gasteiger partial charge in [0.15, 0.2) is 0 Å². The molecule has 0 aliphatic heterocycles. The van der Waals surface area contributed by atoms with E-state index in [-0.39, 0.29) is 22.4 Å². The molecule has 4 heteroatoms. The van der Waals surface area contributed by atoms with Gasteiger partial charge in [0.2, 0.25) is 0 Å². The summed E-state index contributed by atoms with van der Waals surface area (Å²) in [5, 5.41) is 9.32. The van der Waals surface area contributed by atoms with Crippen LogP contribution in [0.15, 0.2) is 16.6 Å². The van der Waals surface area contributed by atoms with Crippen molar-refractivity contribution < 1.29 is 14.3 Å². The highest BCUT2D eigenvalue weighted by molar-refractivity contribution is 9.10. The first-order valence-corrected chi connectivity index (χ1v) is 4.47. The molecule has 1 aromatic carbocycles. The zero-order valence-electron chi connectivity index (χ0n) is 6.97. The summed E-state index contributed by atoms with van der Waals surface area (Å²) in [6.45, 7) is 1.39. The Balaban J connectivity index is 3.17. The summed E-state index contributed by atoms with van der Waals surface area (Å²) in [4.78, 5) is 10.8. The lowest BCUT2D eigenvalue weighted by molar-refractivity contribution is -0.116. The first kappa shape index (κ1) is 10.2. The number of Topliss-reactive ketones (excluding diaryl/α,β-unsaturated/α-hetero) is 1. The van der Waals surface area contributed by atoms with Crippen molar-refractivity contribution >= 4 is 21.7 Å². The molecular formula is C9H8BrFO2. The van der Waals surface area contributed by atoms with E-state index in [4.69, 9.17) is 0 Å². The number of hydrogen-bond donors (Lipinski definition) is 1. The zero-order chi connectivity index (χ0) is 10.0. The van der Waals surface area contributed by atoms with Crippen molar-refractivity contribution in [2.75, 3.05) is 0 Å². The van der Waals surface area contributed by atoms with Crippen molar-refractivity contribution in [1.29, 1.82) is 0 Å². The van der Waals surface area contributed by atoms with Crippen molar-refractivity contribution in [2.45, 2.75) is 13.3 Å². The maximum atomic E-state index is 12.9. The summed E-state index contributed by atoms with van der Waals surface area (Å²) in [6.07, 6.45) is 0.0319. The van der Waals surface area contributed by atoms with E-state index in [0.717, 1.165) is 6.07 Å². The fourth-order valence-electron chi connectivity index (χ4n) is 1.000. The highest BCUT2D eigenvalue weighted by atomic mass is 79.9. The van der Waals surface area contributed by atoms with E-state index in [9.17, 15) is 14.3 Å². The predicted molar refractivity (Wildman–Crippen MR) is 50.1 cm³/mol. The number of benzene rings is 1. The summed E-state index contributed by atoms with van der Waals surface area (Å²) in [5.41, 5.74) is 0.299. The van der Waals surface area contributed by atoms with E-state index in [0.29, 0.717) is 5.56 Å². The molecule has 1 N–H and O–H groups in total. The second kappa shape index (κ2) is 3.87. The van der Waals surface area contributed by atoms with Crippen LogP contribution in [0, 0.1) is 5.82 Å².